The molecular weight excluding hydrogens is 272 g/mol. The van der Waals surface area contributed by atoms with Gasteiger partial charge in [0.05, 0.1) is 7.11 Å². The molecule has 4 nitrogen and oxygen atoms in total. The minimum Gasteiger partial charge on any atom is -0.467 e. The molecule has 0 saturated carbocycles. The van der Waals surface area contributed by atoms with Crippen LogP contribution < -0.4 is 11.1 Å². The van der Waals surface area contributed by atoms with Crippen LogP contribution in [0.5, 0.6) is 0 Å². The molecule has 0 aliphatic carbocycles. The standard InChI is InChI=1S/C11H15BrN2O2/c1-7-3-8(12)5-9(4-7)14-10(6-13)11(15)16-2/h3-5,10,14H,6,13H2,1-2H3. The number of rotatable bonds is 4. The third-order valence-electron chi connectivity index (χ3n) is 2.10. The summed E-state index contributed by atoms with van der Waals surface area (Å²) in [5, 5.41) is 3.03. The molecule has 0 radical (unpaired) electrons. The van der Waals surface area contributed by atoms with E-state index >= 15 is 0 Å². The van der Waals surface area contributed by atoms with E-state index in [-0.39, 0.29) is 12.5 Å². The lowest BCUT2D eigenvalue weighted by Crippen LogP contribution is -2.37. The number of hydrogen-bond donors (Lipinski definition) is 2. The van der Waals surface area contributed by atoms with Crippen LogP contribution in [0.3, 0.4) is 0 Å². The summed E-state index contributed by atoms with van der Waals surface area (Å²) in [6, 6.07) is 5.30. The first kappa shape index (κ1) is 13.0. The van der Waals surface area contributed by atoms with Crippen molar-refractivity contribution >= 4 is 27.6 Å². The van der Waals surface area contributed by atoms with Crippen molar-refractivity contribution in [3.63, 3.8) is 0 Å². The van der Waals surface area contributed by atoms with Gasteiger partial charge in [-0.3, -0.25) is 0 Å². The lowest BCUT2D eigenvalue weighted by molar-refractivity contribution is -0.141. The van der Waals surface area contributed by atoms with Gasteiger partial charge in [-0.05, 0) is 30.7 Å². The van der Waals surface area contributed by atoms with Crippen molar-refractivity contribution in [3.05, 3.63) is 28.2 Å². The number of nitrogens with one attached hydrogen (secondary N) is 1. The molecule has 0 bridgehead atoms. The Morgan fingerprint density at radius 3 is 2.75 bits per heavy atom. The minimum absolute atomic E-state index is 0.193. The molecule has 1 unspecified atom stereocenters. The summed E-state index contributed by atoms with van der Waals surface area (Å²) in [4.78, 5) is 11.3. The van der Waals surface area contributed by atoms with Crippen molar-refractivity contribution < 1.29 is 9.53 Å². The maximum Gasteiger partial charge on any atom is 0.329 e. The lowest BCUT2D eigenvalue weighted by Gasteiger charge is -2.16. The van der Waals surface area contributed by atoms with E-state index in [1.807, 2.05) is 25.1 Å². The number of carbonyl (C=O) groups excluding carboxylic acids is 1. The molecule has 0 aliphatic rings. The maximum atomic E-state index is 11.3. The second kappa shape index (κ2) is 5.86. The Kier molecular flexibility index (Phi) is 4.76. The Hall–Kier alpha value is -1.07. The van der Waals surface area contributed by atoms with E-state index in [9.17, 15) is 4.79 Å². The normalized spacial score (nSPS) is 12.0. The van der Waals surface area contributed by atoms with Crippen LogP contribution in [-0.2, 0) is 9.53 Å². The van der Waals surface area contributed by atoms with Crippen LogP contribution >= 0.6 is 15.9 Å². The van der Waals surface area contributed by atoms with E-state index in [1.54, 1.807) is 0 Å². The third kappa shape index (κ3) is 3.50. The van der Waals surface area contributed by atoms with Gasteiger partial charge in [-0.15, -0.1) is 0 Å². The van der Waals surface area contributed by atoms with Gasteiger partial charge >= 0.3 is 5.97 Å². The molecule has 5 heteroatoms. The molecule has 16 heavy (non-hydrogen) atoms. The zero-order valence-corrected chi connectivity index (χ0v) is 10.9. The number of ether oxygens (including phenoxy) is 1. The van der Waals surface area contributed by atoms with Gasteiger partial charge in [-0.25, -0.2) is 4.79 Å². The first-order chi connectivity index (χ1) is 7.56. The van der Waals surface area contributed by atoms with E-state index in [1.165, 1.54) is 7.11 Å². The minimum atomic E-state index is -0.515. The second-order valence-corrected chi connectivity index (χ2v) is 4.39. The van der Waals surface area contributed by atoms with E-state index in [0.717, 1.165) is 15.7 Å². The SMILES string of the molecule is COC(=O)C(CN)Nc1cc(C)cc(Br)c1. The van der Waals surface area contributed by atoms with Gasteiger partial charge in [0.1, 0.15) is 6.04 Å². The summed E-state index contributed by atoms with van der Waals surface area (Å²) in [6.45, 7) is 2.17. The summed E-state index contributed by atoms with van der Waals surface area (Å²) in [5.74, 6) is -0.361. The number of methoxy groups -OCH3 is 1. The van der Waals surface area contributed by atoms with E-state index in [2.05, 4.69) is 26.0 Å². The third-order valence-corrected chi connectivity index (χ3v) is 2.56. The van der Waals surface area contributed by atoms with Gasteiger partial charge in [-0.1, -0.05) is 15.9 Å². The highest BCUT2D eigenvalue weighted by molar-refractivity contribution is 9.10. The first-order valence-electron chi connectivity index (χ1n) is 4.88. The molecule has 0 spiro atoms. The number of aryl methyl sites for hydroxylation is 1. The van der Waals surface area contributed by atoms with Crippen LogP contribution in [0, 0.1) is 6.92 Å². The molecule has 0 aliphatic heterocycles. The number of benzene rings is 1. The highest BCUT2D eigenvalue weighted by Gasteiger charge is 2.16. The maximum absolute atomic E-state index is 11.3. The highest BCUT2D eigenvalue weighted by atomic mass is 79.9. The average molecular weight is 287 g/mol. The van der Waals surface area contributed by atoms with Gasteiger partial charge in [0, 0.05) is 16.7 Å². The molecular formula is C11H15BrN2O2. The predicted octanol–water partition coefficient (Wildman–Crippen LogP) is 1.67. The summed E-state index contributed by atoms with van der Waals surface area (Å²) in [7, 11) is 1.35. The molecule has 0 aromatic heterocycles. The molecule has 1 aromatic carbocycles. The van der Waals surface area contributed by atoms with Gasteiger partial charge in [0.2, 0.25) is 0 Å². The van der Waals surface area contributed by atoms with Crippen LogP contribution in [0.1, 0.15) is 5.56 Å². The number of hydrogen-bond acceptors (Lipinski definition) is 4. The van der Waals surface area contributed by atoms with Crippen molar-refractivity contribution in [1.82, 2.24) is 0 Å². The van der Waals surface area contributed by atoms with E-state index in [0.29, 0.717) is 0 Å². The zero-order chi connectivity index (χ0) is 12.1. The number of nitrogens with two attached hydrogens (primary N) is 1. The summed E-state index contributed by atoms with van der Waals surface area (Å²) in [5.41, 5.74) is 7.43. The first-order valence-corrected chi connectivity index (χ1v) is 5.67. The average Bonchev–Trinajstić information content (AvgIpc) is 2.23. The zero-order valence-electron chi connectivity index (χ0n) is 9.29. The van der Waals surface area contributed by atoms with Crippen LogP contribution in [0.25, 0.3) is 0 Å². The van der Waals surface area contributed by atoms with Crippen molar-refractivity contribution in [3.8, 4) is 0 Å². The molecule has 1 rings (SSSR count). The monoisotopic (exact) mass is 286 g/mol. The Morgan fingerprint density at radius 2 is 2.25 bits per heavy atom. The predicted molar refractivity (Wildman–Crippen MR) is 67.4 cm³/mol. The fourth-order valence-corrected chi connectivity index (χ4v) is 1.98. The van der Waals surface area contributed by atoms with Gasteiger partial charge in [0.25, 0.3) is 0 Å². The topological polar surface area (TPSA) is 64.3 Å². The molecule has 0 fully saturated rings. The lowest BCUT2D eigenvalue weighted by atomic mass is 10.2. The molecule has 3 N–H and O–H groups in total. The number of carbonyl (C=O) groups is 1. The quantitative estimate of drug-likeness (QED) is 0.827. The number of anilines is 1. The van der Waals surface area contributed by atoms with Crippen molar-refractivity contribution in [2.45, 2.75) is 13.0 Å². The molecule has 0 heterocycles. The van der Waals surface area contributed by atoms with Gasteiger partial charge in [0.15, 0.2) is 0 Å². The summed E-state index contributed by atoms with van der Waals surface area (Å²) in [6.07, 6.45) is 0. The molecule has 0 amide bonds. The Labute approximate surface area is 103 Å². The van der Waals surface area contributed by atoms with Crippen molar-refractivity contribution in [2.75, 3.05) is 19.0 Å². The van der Waals surface area contributed by atoms with Crippen LogP contribution in [0.2, 0.25) is 0 Å². The second-order valence-electron chi connectivity index (χ2n) is 3.47. The number of esters is 1. The van der Waals surface area contributed by atoms with Crippen LogP contribution in [-0.4, -0.2) is 25.7 Å². The summed E-state index contributed by atoms with van der Waals surface area (Å²) >= 11 is 3.39. The molecule has 0 saturated heterocycles. The molecule has 1 atom stereocenters. The van der Waals surface area contributed by atoms with Gasteiger partial charge < -0.3 is 15.8 Å². The van der Waals surface area contributed by atoms with Gasteiger partial charge in [-0.2, -0.15) is 0 Å². The fraction of sp³-hybridized carbons (Fsp3) is 0.364. The largest absolute Gasteiger partial charge is 0.467 e. The van der Waals surface area contributed by atoms with Crippen molar-refractivity contribution in [2.24, 2.45) is 5.73 Å². The smallest absolute Gasteiger partial charge is 0.329 e. The summed E-state index contributed by atoms with van der Waals surface area (Å²) < 4.78 is 5.60. The Bertz CT molecular complexity index is 362. The van der Waals surface area contributed by atoms with E-state index in [4.69, 9.17) is 5.73 Å². The van der Waals surface area contributed by atoms with Crippen molar-refractivity contribution in [1.29, 1.82) is 0 Å². The molecule has 88 valence electrons. The van der Waals surface area contributed by atoms with Crippen LogP contribution in [0.15, 0.2) is 22.7 Å². The Morgan fingerprint density at radius 1 is 1.56 bits per heavy atom. The highest BCUT2D eigenvalue weighted by Crippen LogP contribution is 2.19. The van der Waals surface area contributed by atoms with E-state index < -0.39 is 6.04 Å². The Balaban J connectivity index is 2.81. The fourth-order valence-electron chi connectivity index (χ4n) is 1.38. The number of halogens is 1. The van der Waals surface area contributed by atoms with Crippen LogP contribution in [0.4, 0.5) is 5.69 Å². The molecule has 1 aromatic rings.